The Morgan fingerprint density at radius 2 is 1.93 bits per heavy atom. The van der Waals surface area contributed by atoms with Crippen LogP contribution in [0, 0.1) is 0 Å². The minimum atomic E-state index is -1.52. The predicted molar refractivity (Wildman–Crippen MR) is 103 cm³/mol. The quantitative estimate of drug-likeness (QED) is 0.651. The van der Waals surface area contributed by atoms with Crippen molar-refractivity contribution in [1.82, 2.24) is 5.32 Å². The van der Waals surface area contributed by atoms with Crippen LogP contribution in [0.2, 0.25) is 5.02 Å². The highest BCUT2D eigenvalue weighted by molar-refractivity contribution is 9.10. The van der Waals surface area contributed by atoms with Crippen molar-refractivity contribution in [1.29, 1.82) is 0 Å². The number of hydrogen-bond acceptors (Lipinski definition) is 5. The van der Waals surface area contributed by atoms with Crippen LogP contribution in [0.3, 0.4) is 0 Å². The Morgan fingerprint density at radius 3 is 2.48 bits per heavy atom. The molecule has 0 aliphatic heterocycles. The van der Waals surface area contributed by atoms with E-state index in [0.29, 0.717) is 17.1 Å². The first-order valence-corrected chi connectivity index (χ1v) is 8.92. The molecule has 142 valence electrons. The van der Waals surface area contributed by atoms with Crippen LogP contribution in [-0.2, 0) is 16.2 Å². The van der Waals surface area contributed by atoms with Gasteiger partial charge < -0.3 is 24.7 Å². The summed E-state index contributed by atoms with van der Waals surface area (Å²) in [4.78, 5) is 22.3. The van der Waals surface area contributed by atoms with E-state index in [2.05, 4.69) is 21.2 Å². The molecule has 0 aliphatic carbocycles. The van der Waals surface area contributed by atoms with Crippen molar-refractivity contribution in [3.05, 3.63) is 62.7 Å². The molecular formula is C19H16BrClNO5-. The standard InChI is InChI=1S/C19H17BrClNO5/c1-11(23)22-16(19(24)25)8-13-7-15(21)18(17(9-13)26-2)27-10-12-3-5-14(20)6-4-12/h3-9H,10H2,1-2H3,(H,22,23)(H,24,25)/p-1/b16-8+. The van der Waals surface area contributed by atoms with Crippen LogP contribution >= 0.6 is 27.5 Å². The third kappa shape index (κ3) is 6.01. The van der Waals surface area contributed by atoms with Crippen LogP contribution in [0.1, 0.15) is 18.1 Å². The van der Waals surface area contributed by atoms with Crippen LogP contribution in [-0.4, -0.2) is 19.0 Å². The molecule has 1 N–H and O–H groups in total. The highest BCUT2D eigenvalue weighted by Crippen LogP contribution is 2.37. The number of carboxylic acid groups (broad SMARTS) is 1. The summed E-state index contributed by atoms with van der Waals surface area (Å²) in [6, 6.07) is 10.7. The van der Waals surface area contributed by atoms with Gasteiger partial charge in [0.2, 0.25) is 5.91 Å². The first-order chi connectivity index (χ1) is 12.8. The smallest absolute Gasteiger partial charge is 0.221 e. The van der Waals surface area contributed by atoms with Crippen LogP contribution in [0.15, 0.2) is 46.6 Å². The van der Waals surface area contributed by atoms with E-state index in [4.69, 9.17) is 21.1 Å². The Kier molecular flexibility index (Phi) is 7.27. The van der Waals surface area contributed by atoms with Crippen molar-refractivity contribution in [3.8, 4) is 11.5 Å². The number of carbonyl (C=O) groups excluding carboxylic acids is 2. The van der Waals surface area contributed by atoms with E-state index >= 15 is 0 Å². The highest BCUT2D eigenvalue weighted by atomic mass is 79.9. The minimum absolute atomic E-state index is 0.234. The molecule has 0 spiro atoms. The summed E-state index contributed by atoms with van der Waals surface area (Å²) in [5.74, 6) is -1.39. The maximum absolute atomic E-state index is 11.1. The monoisotopic (exact) mass is 452 g/mol. The molecule has 0 radical (unpaired) electrons. The second-order valence-corrected chi connectivity index (χ2v) is 6.80. The van der Waals surface area contributed by atoms with Gasteiger partial charge in [0, 0.05) is 11.4 Å². The Labute approximate surface area is 169 Å². The van der Waals surface area contributed by atoms with Gasteiger partial charge in [0.15, 0.2) is 11.5 Å². The molecule has 1 amide bonds. The number of hydrogen-bond donors (Lipinski definition) is 1. The molecule has 2 aromatic rings. The fraction of sp³-hybridized carbons (Fsp3) is 0.158. The second kappa shape index (κ2) is 9.43. The molecule has 6 nitrogen and oxygen atoms in total. The molecule has 0 unspecified atom stereocenters. The summed E-state index contributed by atoms with van der Waals surface area (Å²) in [6.07, 6.45) is 1.23. The maximum atomic E-state index is 11.1. The highest BCUT2D eigenvalue weighted by Gasteiger charge is 2.13. The van der Waals surface area contributed by atoms with Crippen LogP contribution in [0.4, 0.5) is 0 Å². The number of ether oxygens (including phenoxy) is 2. The van der Waals surface area contributed by atoms with Crippen LogP contribution < -0.4 is 19.9 Å². The first-order valence-electron chi connectivity index (χ1n) is 7.75. The summed E-state index contributed by atoms with van der Waals surface area (Å²) in [5.41, 5.74) is 0.954. The van der Waals surface area contributed by atoms with Crippen molar-refractivity contribution in [2.24, 2.45) is 0 Å². The number of halogens is 2. The van der Waals surface area contributed by atoms with Gasteiger partial charge in [0.1, 0.15) is 6.61 Å². The zero-order valence-corrected chi connectivity index (χ0v) is 16.9. The van der Waals surface area contributed by atoms with E-state index in [1.165, 1.54) is 26.2 Å². The summed E-state index contributed by atoms with van der Waals surface area (Å²) >= 11 is 9.65. The largest absolute Gasteiger partial charge is 0.543 e. The SMILES string of the molecule is COc1cc(/C=C(/NC(C)=O)C(=O)[O-])cc(Cl)c1OCc1ccc(Br)cc1. The topological polar surface area (TPSA) is 87.7 Å². The molecule has 0 saturated heterocycles. The minimum Gasteiger partial charge on any atom is -0.543 e. The van der Waals surface area contributed by atoms with E-state index in [-0.39, 0.29) is 17.3 Å². The third-order valence-corrected chi connectivity index (χ3v) is 4.20. The molecule has 0 fully saturated rings. The van der Waals surface area contributed by atoms with Crippen molar-refractivity contribution >= 4 is 45.5 Å². The number of rotatable bonds is 7. The molecule has 0 atom stereocenters. The van der Waals surface area contributed by atoms with Crippen molar-refractivity contribution < 1.29 is 24.2 Å². The Morgan fingerprint density at radius 1 is 1.26 bits per heavy atom. The van der Waals surface area contributed by atoms with Gasteiger partial charge >= 0.3 is 0 Å². The van der Waals surface area contributed by atoms with Crippen molar-refractivity contribution in [2.75, 3.05) is 7.11 Å². The molecule has 27 heavy (non-hydrogen) atoms. The molecule has 2 rings (SSSR count). The lowest BCUT2D eigenvalue weighted by Crippen LogP contribution is -2.34. The second-order valence-electron chi connectivity index (χ2n) is 5.48. The third-order valence-electron chi connectivity index (χ3n) is 3.39. The average Bonchev–Trinajstić information content (AvgIpc) is 2.60. The molecule has 0 aromatic heterocycles. The van der Waals surface area contributed by atoms with Gasteiger partial charge in [0.05, 0.1) is 23.8 Å². The normalized spacial score (nSPS) is 11.0. The van der Waals surface area contributed by atoms with Gasteiger partial charge in [-0.3, -0.25) is 4.79 Å². The zero-order chi connectivity index (χ0) is 20.0. The average molecular weight is 454 g/mol. The zero-order valence-electron chi connectivity index (χ0n) is 14.5. The van der Waals surface area contributed by atoms with Crippen molar-refractivity contribution in [3.63, 3.8) is 0 Å². The molecule has 8 heteroatoms. The summed E-state index contributed by atoms with van der Waals surface area (Å²) in [6.45, 7) is 1.47. The molecule has 0 aliphatic rings. The van der Waals surface area contributed by atoms with E-state index < -0.39 is 11.9 Å². The molecule has 0 saturated carbocycles. The van der Waals surface area contributed by atoms with Gasteiger partial charge in [-0.05, 0) is 41.5 Å². The van der Waals surface area contributed by atoms with Gasteiger partial charge in [-0.25, -0.2) is 0 Å². The Balaban J connectivity index is 2.29. The molecule has 0 heterocycles. The first kappa shape index (κ1) is 20.8. The maximum Gasteiger partial charge on any atom is 0.221 e. The molecule has 0 bridgehead atoms. The van der Waals surface area contributed by atoms with E-state index in [1.54, 1.807) is 6.07 Å². The van der Waals surface area contributed by atoms with Crippen molar-refractivity contribution in [2.45, 2.75) is 13.5 Å². The fourth-order valence-electron chi connectivity index (χ4n) is 2.20. The summed E-state index contributed by atoms with van der Waals surface area (Å²) in [7, 11) is 1.44. The molecular weight excluding hydrogens is 438 g/mol. The van der Waals surface area contributed by atoms with Gasteiger partial charge in [-0.1, -0.05) is 39.7 Å². The van der Waals surface area contributed by atoms with Crippen LogP contribution in [0.25, 0.3) is 6.08 Å². The van der Waals surface area contributed by atoms with E-state index in [9.17, 15) is 14.7 Å². The van der Waals surface area contributed by atoms with Gasteiger partial charge in [0.25, 0.3) is 0 Å². The lowest BCUT2D eigenvalue weighted by atomic mass is 10.1. The predicted octanol–water partition coefficient (Wildman–Crippen LogP) is 2.92. The summed E-state index contributed by atoms with van der Waals surface area (Å²) < 4.78 is 12.0. The lowest BCUT2D eigenvalue weighted by Gasteiger charge is -2.14. The number of aliphatic carboxylic acids is 1. The lowest BCUT2D eigenvalue weighted by molar-refractivity contribution is -0.299. The molecule has 2 aromatic carbocycles. The van der Waals surface area contributed by atoms with E-state index in [0.717, 1.165) is 10.0 Å². The summed E-state index contributed by atoms with van der Waals surface area (Å²) in [5, 5.41) is 13.6. The van der Waals surface area contributed by atoms with Gasteiger partial charge in [-0.2, -0.15) is 0 Å². The number of methoxy groups -OCH3 is 1. The van der Waals surface area contributed by atoms with E-state index in [1.807, 2.05) is 24.3 Å². The van der Waals surface area contributed by atoms with Crippen LogP contribution in [0.5, 0.6) is 11.5 Å². The Hall–Kier alpha value is -2.51. The number of benzene rings is 2. The van der Waals surface area contributed by atoms with Gasteiger partial charge in [-0.15, -0.1) is 0 Å². The number of carbonyl (C=O) groups is 2. The number of nitrogens with one attached hydrogen (secondary N) is 1. The number of carboxylic acids is 1. The number of amides is 1. The fourth-order valence-corrected chi connectivity index (χ4v) is 2.74. The Bertz CT molecular complexity index is 880.